The number of hydrogen-bond acceptors (Lipinski definition) is 2. The zero-order valence-electron chi connectivity index (χ0n) is 9.40. The minimum Gasteiger partial charge on any atom is -0.384 e. The minimum absolute atomic E-state index is 0.924. The topological polar surface area (TPSA) is 24.1 Å². The quantitative estimate of drug-likeness (QED) is 0.804. The highest BCUT2D eigenvalue weighted by Gasteiger charge is 1.99. The molecule has 0 aliphatic rings. The van der Waals surface area contributed by atoms with E-state index in [-0.39, 0.29) is 0 Å². The molecule has 0 amide bonds. The third-order valence-corrected chi connectivity index (χ3v) is 2.35. The van der Waals surface area contributed by atoms with Gasteiger partial charge in [0.2, 0.25) is 0 Å². The highest BCUT2D eigenvalue weighted by molar-refractivity contribution is 5.74. The Hall–Kier alpha value is -1.96. The van der Waals surface area contributed by atoms with E-state index in [9.17, 15) is 0 Å². The average molecular weight is 212 g/mol. The number of benzene rings is 2. The molecule has 16 heavy (non-hydrogen) atoms. The molecular formula is C14H16N2. The Morgan fingerprint density at radius 2 is 1.44 bits per heavy atom. The van der Waals surface area contributed by atoms with Crippen molar-refractivity contribution in [3.63, 3.8) is 0 Å². The van der Waals surface area contributed by atoms with Crippen molar-refractivity contribution in [1.82, 2.24) is 0 Å². The predicted molar refractivity (Wildman–Crippen MR) is 70.3 cm³/mol. The summed E-state index contributed by atoms with van der Waals surface area (Å²) in [5, 5.41) is 6.73. The molecule has 2 heteroatoms. The molecular weight excluding hydrogens is 196 g/mol. The number of rotatable bonds is 4. The van der Waals surface area contributed by atoms with E-state index in [4.69, 9.17) is 0 Å². The van der Waals surface area contributed by atoms with Gasteiger partial charge in [-0.1, -0.05) is 30.3 Å². The Bertz CT molecular complexity index is 437. The summed E-state index contributed by atoms with van der Waals surface area (Å²) in [4.78, 5) is 0. The molecule has 2 aromatic carbocycles. The van der Waals surface area contributed by atoms with Gasteiger partial charge < -0.3 is 10.6 Å². The first kappa shape index (κ1) is 10.6. The van der Waals surface area contributed by atoms with Crippen LogP contribution >= 0.6 is 0 Å². The standard InChI is InChI=1S/C14H16N2/c1-2-15-13-10-6-7-11-14(13)16-12-8-4-3-5-9-12/h3-11,15-16H,2H2,1H3. The number of nitrogens with one attached hydrogen (secondary N) is 2. The van der Waals surface area contributed by atoms with Crippen molar-refractivity contribution >= 4 is 17.1 Å². The normalized spacial score (nSPS) is 9.81. The van der Waals surface area contributed by atoms with E-state index in [2.05, 4.69) is 41.8 Å². The Labute approximate surface area is 96.3 Å². The molecule has 0 spiro atoms. The first-order valence-corrected chi connectivity index (χ1v) is 5.55. The highest BCUT2D eigenvalue weighted by atomic mass is 14.9. The van der Waals surface area contributed by atoms with Gasteiger partial charge in [0.15, 0.2) is 0 Å². The van der Waals surface area contributed by atoms with Crippen molar-refractivity contribution in [3.8, 4) is 0 Å². The van der Waals surface area contributed by atoms with Gasteiger partial charge in [-0.25, -0.2) is 0 Å². The van der Waals surface area contributed by atoms with Gasteiger partial charge >= 0.3 is 0 Å². The van der Waals surface area contributed by atoms with Crippen LogP contribution in [-0.4, -0.2) is 6.54 Å². The molecule has 2 rings (SSSR count). The van der Waals surface area contributed by atoms with E-state index >= 15 is 0 Å². The molecule has 2 aromatic rings. The fourth-order valence-corrected chi connectivity index (χ4v) is 1.61. The molecule has 0 bridgehead atoms. The minimum atomic E-state index is 0.924. The van der Waals surface area contributed by atoms with Gasteiger partial charge in [-0.2, -0.15) is 0 Å². The molecule has 0 aliphatic carbocycles. The van der Waals surface area contributed by atoms with Crippen LogP contribution in [0.3, 0.4) is 0 Å². The van der Waals surface area contributed by atoms with Crippen LogP contribution in [0.15, 0.2) is 54.6 Å². The van der Waals surface area contributed by atoms with Gasteiger partial charge in [0, 0.05) is 12.2 Å². The lowest BCUT2D eigenvalue weighted by molar-refractivity contribution is 1.21. The maximum atomic E-state index is 3.39. The first-order valence-electron chi connectivity index (χ1n) is 5.55. The van der Waals surface area contributed by atoms with Crippen LogP contribution in [0.4, 0.5) is 17.1 Å². The first-order chi connectivity index (χ1) is 7.90. The van der Waals surface area contributed by atoms with E-state index in [1.807, 2.05) is 30.3 Å². The van der Waals surface area contributed by atoms with Crippen LogP contribution in [0, 0.1) is 0 Å². The third-order valence-electron chi connectivity index (χ3n) is 2.35. The highest BCUT2D eigenvalue weighted by Crippen LogP contribution is 2.24. The maximum absolute atomic E-state index is 3.39. The molecule has 0 atom stereocenters. The summed E-state index contributed by atoms with van der Waals surface area (Å²) in [7, 11) is 0. The summed E-state index contributed by atoms with van der Waals surface area (Å²) in [6, 6.07) is 18.4. The zero-order chi connectivity index (χ0) is 11.2. The Morgan fingerprint density at radius 1 is 0.812 bits per heavy atom. The lowest BCUT2D eigenvalue weighted by Gasteiger charge is -2.12. The second-order valence-corrected chi connectivity index (χ2v) is 3.57. The molecule has 0 saturated heterocycles. The summed E-state index contributed by atoms with van der Waals surface area (Å²) < 4.78 is 0. The Morgan fingerprint density at radius 3 is 2.12 bits per heavy atom. The second-order valence-electron chi connectivity index (χ2n) is 3.57. The van der Waals surface area contributed by atoms with Crippen LogP contribution < -0.4 is 10.6 Å². The van der Waals surface area contributed by atoms with Crippen LogP contribution in [0.2, 0.25) is 0 Å². The predicted octanol–water partition coefficient (Wildman–Crippen LogP) is 3.86. The van der Waals surface area contributed by atoms with Crippen molar-refractivity contribution in [3.05, 3.63) is 54.6 Å². The molecule has 0 aromatic heterocycles. The van der Waals surface area contributed by atoms with Crippen LogP contribution in [-0.2, 0) is 0 Å². The SMILES string of the molecule is CCNc1ccccc1Nc1ccccc1. The van der Waals surface area contributed by atoms with E-state index < -0.39 is 0 Å². The zero-order valence-corrected chi connectivity index (χ0v) is 9.40. The fourth-order valence-electron chi connectivity index (χ4n) is 1.61. The molecule has 0 aliphatic heterocycles. The smallest absolute Gasteiger partial charge is 0.0620 e. The van der Waals surface area contributed by atoms with E-state index in [0.29, 0.717) is 0 Å². The number of hydrogen-bond donors (Lipinski definition) is 2. The maximum Gasteiger partial charge on any atom is 0.0620 e. The molecule has 82 valence electrons. The number of anilines is 3. The molecule has 0 saturated carbocycles. The van der Waals surface area contributed by atoms with Crippen molar-refractivity contribution in [1.29, 1.82) is 0 Å². The van der Waals surface area contributed by atoms with Crippen LogP contribution in [0.25, 0.3) is 0 Å². The van der Waals surface area contributed by atoms with Crippen molar-refractivity contribution in [2.24, 2.45) is 0 Å². The van der Waals surface area contributed by atoms with E-state index in [1.54, 1.807) is 0 Å². The van der Waals surface area contributed by atoms with Gasteiger partial charge in [-0.3, -0.25) is 0 Å². The van der Waals surface area contributed by atoms with Gasteiger partial charge in [-0.05, 0) is 31.2 Å². The van der Waals surface area contributed by atoms with Crippen LogP contribution in [0.1, 0.15) is 6.92 Å². The Balaban J connectivity index is 2.21. The second kappa shape index (κ2) is 5.21. The summed E-state index contributed by atoms with van der Waals surface area (Å²) in [6.45, 7) is 3.02. The van der Waals surface area contributed by atoms with E-state index in [0.717, 1.165) is 23.6 Å². The van der Waals surface area contributed by atoms with Gasteiger partial charge in [0.1, 0.15) is 0 Å². The largest absolute Gasteiger partial charge is 0.384 e. The fraction of sp³-hybridized carbons (Fsp3) is 0.143. The van der Waals surface area contributed by atoms with Gasteiger partial charge in [0.25, 0.3) is 0 Å². The summed E-state index contributed by atoms with van der Waals surface area (Å²) in [5.41, 5.74) is 3.34. The molecule has 0 radical (unpaired) electrons. The average Bonchev–Trinajstić information content (AvgIpc) is 2.33. The van der Waals surface area contributed by atoms with Crippen molar-refractivity contribution in [2.75, 3.05) is 17.2 Å². The molecule has 2 N–H and O–H groups in total. The third kappa shape index (κ3) is 2.54. The monoisotopic (exact) mass is 212 g/mol. The van der Waals surface area contributed by atoms with Crippen LogP contribution in [0.5, 0.6) is 0 Å². The molecule has 0 heterocycles. The van der Waals surface area contributed by atoms with Gasteiger partial charge in [0.05, 0.1) is 11.4 Å². The van der Waals surface area contributed by atoms with Crippen molar-refractivity contribution in [2.45, 2.75) is 6.92 Å². The summed E-state index contributed by atoms with van der Waals surface area (Å²) in [5.74, 6) is 0. The summed E-state index contributed by atoms with van der Waals surface area (Å²) >= 11 is 0. The van der Waals surface area contributed by atoms with Crippen molar-refractivity contribution < 1.29 is 0 Å². The molecule has 2 nitrogen and oxygen atoms in total. The van der Waals surface area contributed by atoms with Gasteiger partial charge in [-0.15, -0.1) is 0 Å². The summed E-state index contributed by atoms with van der Waals surface area (Å²) in [6.07, 6.45) is 0. The molecule has 0 fully saturated rings. The lowest BCUT2D eigenvalue weighted by atomic mass is 10.2. The number of para-hydroxylation sites is 3. The van der Waals surface area contributed by atoms with E-state index in [1.165, 1.54) is 0 Å². The lowest BCUT2D eigenvalue weighted by Crippen LogP contribution is -2.00. The molecule has 0 unspecified atom stereocenters. The Kier molecular flexibility index (Phi) is 3.44.